The van der Waals surface area contributed by atoms with Crippen LogP contribution in [0.3, 0.4) is 0 Å². The number of aromatic amines is 2. The number of Topliss-reactive ketones (excluding diaryl/α,β-unsaturated/α-hetero) is 1. The van der Waals surface area contributed by atoms with Gasteiger partial charge in [0.15, 0.2) is 0 Å². The standard InChI is InChI=1S/C11H8N2O2.C11H12N2O.C10H10O.CH4N2O.3CH4.I3.H2/c14-10-9-7-4-2-1-3-6(7)5-8(9)12-11(15)13-10;1-7-9-5-3-2-4-8(9)6-10(7)13-11(12)14;1-7-9-5-3-2-4-8(9)6-10(7)11;2-1(3)4;;;;1-3-2;/h1-4H,5H2,(H2,12,13,14,15);2-5H,6H2,1H3,(H3,12,13,14);2-5,7H,6H2,1H3;(H4,2,3,4);3*1H4;;1H/q;;;;;;;-1;/i;;;;;;;;1+1. The van der Waals surface area contributed by atoms with Crippen LogP contribution in [0.4, 0.5) is 9.59 Å². The van der Waals surface area contributed by atoms with Gasteiger partial charge in [-0.2, -0.15) is 0 Å². The number of nitrogens with two attached hydrogens (primary N) is 3. The van der Waals surface area contributed by atoms with Crippen LogP contribution in [0.5, 0.6) is 0 Å². The van der Waals surface area contributed by atoms with Gasteiger partial charge in [0.05, 0.1) is 5.56 Å². The Kier molecular flexibility index (Phi) is 20.8. The monoisotopic (exact) mass is 1030 g/mol. The van der Waals surface area contributed by atoms with E-state index in [1.807, 2.05) is 74.5 Å². The SMILES string of the molecule is C.C.C.CC1=C(NC(N)=O)Cc2ccccc21.CC1C(=O)Cc2ccccc21.I[I-]I.NC(N)=O.O=c1[nH]c2c(c(=O)[nH]1)-c1ccccc1C2.[2HH]. The fourth-order valence-corrected chi connectivity index (χ4v) is 5.50. The van der Waals surface area contributed by atoms with Crippen LogP contribution in [-0.4, -0.2) is 27.8 Å². The minimum atomic E-state index is -0.833. The van der Waals surface area contributed by atoms with Gasteiger partial charge >= 0.3 is 68.2 Å². The molecule has 7 rings (SSSR count). The molecule has 11 nitrogen and oxygen atoms in total. The number of ketones is 1. The van der Waals surface area contributed by atoms with E-state index in [0.717, 1.165) is 28.8 Å². The van der Waals surface area contributed by atoms with Gasteiger partial charge < -0.3 is 27.5 Å². The van der Waals surface area contributed by atoms with Gasteiger partial charge in [-0.05, 0) is 45.9 Å². The van der Waals surface area contributed by atoms with Crippen LogP contribution in [0, 0.1) is 0 Å². The van der Waals surface area contributed by atoms with E-state index in [-0.39, 0.29) is 35.2 Å². The molecule has 1 unspecified atom stereocenters. The molecule has 0 fully saturated rings. The Morgan fingerprint density at radius 3 is 1.78 bits per heavy atom. The third-order valence-corrected chi connectivity index (χ3v) is 7.56. The number of halogens is 3. The Labute approximate surface area is 324 Å². The number of allylic oxidation sites excluding steroid dienone is 2. The van der Waals surface area contributed by atoms with Gasteiger partial charge in [-0.3, -0.25) is 14.6 Å². The van der Waals surface area contributed by atoms with Crippen LogP contribution in [0.1, 0.15) is 77.0 Å². The molecule has 274 valence electrons. The molecule has 3 aliphatic rings. The minimum absolute atomic E-state index is 0. The number of hydrogen-bond donors (Lipinski definition) is 6. The number of urea groups is 2. The number of aromatic nitrogens is 2. The molecule has 4 amide bonds. The van der Waals surface area contributed by atoms with Gasteiger partial charge in [-0.25, -0.2) is 14.4 Å². The molecule has 14 heteroatoms. The first-order chi connectivity index (χ1) is 22.4. The van der Waals surface area contributed by atoms with Gasteiger partial charge in [-0.1, -0.05) is 102 Å². The molecular formula is C36H48I3N6O5-. The first-order valence-corrected chi connectivity index (χ1v) is 26.8. The molecule has 0 bridgehead atoms. The summed E-state index contributed by atoms with van der Waals surface area (Å²) in [4.78, 5) is 58.6. The minimum Gasteiger partial charge on any atom is -0.352 e. The third kappa shape index (κ3) is 12.7. The molecule has 0 aliphatic heterocycles. The van der Waals surface area contributed by atoms with E-state index in [1.54, 1.807) is 0 Å². The van der Waals surface area contributed by atoms with Crippen LogP contribution in [0.2, 0.25) is 0 Å². The summed E-state index contributed by atoms with van der Waals surface area (Å²) >= 11 is 5.30. The van der Waals surface area contributed by atoms with Gasteiger partial charge in [0, 0.05) is 38.0 Å². The number of benzene rings is 3. The second-order valence-corrected chi connectivity index (χ2v) is 26.8. The molecule has 0 saturated carbocycles. The number of hydrogen-bond acceptors (Lipinski definition) is 5. The maximum atomic E-state index is 11.6. The van der Waals surface area contributed by atoms with Crippen LogP contribution >= 0.6 is 37.2 Å². The molecule has 0 saturated heterocycles. The number of primary amides is 3. The van der Waals surface area contributed by atoms with Gasteiger partial charge in [0.1, 0.15) is 5.78 Å². The Bertz CT molecular complexity index is 1930. The van der Waals surface area contributed by atoms with Crippen molar-refractivity contribution in [1.29, 1.82) is 0 Å². The number of amides is 4. The predicted octanol–water partition coefficient (Wildman–Crippen LogP) is 4.15. The molecule has 1 atom stereocenters. The number of carbonyl (C=O) groups excluding carboxylic acids is 3. The molecule has 1 heterocycles. The molecule has 4 aromatic rings. The fourth-order valence-electron chi connectivity index (χ4n) is 5.50. The summed E-state index contributed by atoms with van der Waals surface area (Å²) in [5.74, 6) is 0.484. The number of H-pyrrole nitrogens is 2. The zero-order valence-corrected chi connectivity index (χ0v) is 32.0. The van der Waals surface area contributed by atoms with Crippen molar-refractivity contribution in [2.24, 2.45) is 17.2 Å². The van der Waals surface area contributed by atoms with E-state index in [1.165, 1.54) is 22.3 Å². The largest absolute Gasteiger partial charge is 0.352 e. The molecule has 9 N–H and O–H groups in total. The molecule has 3 aromatic carbocycles. The maximum Gasteiger partial charge on any atom is 0.325 e. The number of rotatable bonds is 1. The van der Waals surface area contributed by atoms with E-state index in [9.17, 15) is 19.2 Å². The van der Waals surface area contributed by atoms with Crippen LogP contribution in [-0.2, 0) is 24.1 Å². The van der Waals surface area contributed by atoms with E-state index < -0.39 is 17.8 Å². The second-order valence-electron chi connectivity index (χ2n) is 10.5. The molecule has 50 heavy (non-hydrogen) atoms. The zero-order chi connectivity index (χ0) is 34.7. The van der Waals surface area contributed by atoms with Crippen molar-refractivity contribution in [3.05, 3.63) is 133 Å². The van der Waals surface area contributed by atoms with E-state index >= 15 is 0 Å². The molecule has 0 spiro atoms. The zero-order valence-electron chi connectivity index (χ0n) is 25.5. The molecular weight excluding hydrogens is 977 g/mol. The summed E-state index contributed by atoms with van der Waals surface area (Å²) in [6.45, 7) is 3.98. The average molecular weight is 1030 g/mol. The second kappa shape index (κ2) is 22.3. The quantitative estimate of drug-likeness (QED) is 0.137. The predicted molar refractivity (Wildman–Crippen MR) is 219 cm³/mol. The Morgan fingerprint density at radius 1 is 0.780 bits per heavy atom. The number of carbonyl (C=O) groups is 3. The maximum absolute atomic E-state index is 11.6. The fraction of sp³-hybridized carbons (Fsp3) is 0.250. The molecule has 0 radical (unpaired) electrons. The summed E-state index contributed by atoms with van der Waals surface area (Å²) in [5, 5.41) is 2.66. The first kappa shape index (κ1) is 46.5. The van der Waals surface area contributed by atoms with E-state index in [2.05, 4.69) is 76.1 Å². The van der Waals surface area contributed by atoms with Gasteiger partial charge in [0.2, 0.25) is 0 Å². The van der Waals surface area contributed by atoms with Crippen molar-refractivity contribution in [1.82, 2.24) is 15.3 Å². The normalized spacial score (nSPS) is 13.4. The van der Waals surface area contributed by atoms with Crippen LogP contribution in [0.15, 0.2) is 88.1 Å². The average Bonchev–Trinajstić information content (AvgIpc) is 3.64. The van der Waals surface area contributed by atoms with Crippen LogP contribution in [0.25, 0.3) is 16.7 Å². The van der Waals surface area contributed by atoms with Crippen molar-refractivity contribution in [2.45, 2.75) is 61.3 Å². The van der Waals surface area contributed by atoms with Crippen molar-refractivity contribution >= 4 is 60.7 Å². The first-order valence-electron chi connectivity index (χ1n) is 14.2. The summed E-state index contributed by atoms with van der Waals surface area (Å²) in [7, 11) is 0. The Hall–Kier alpha value is -3.52. The topological polar surface area (TPSA) is 207 Å². The molecule has 1 aromatic heterocycles. The van der Waals surface area contributed by atoms with E-state index in [0.29, 0.717) is 43.1 Å². The van der Waals surface area contributed by atoms with Gasteiger partial charge in [0.25, 0.3) is 5.56 Å². The van der Waals surface area contributed by atoms with Gasteiger partial charge in [-0.15, -0.1) is 0 Å². The van der Waals surface area contributed by atoms with Crippen molar-refractivity contribution in [3.63, 3.8) is 0 Å². The molecule has 3 aliphatic carbocycles. The number of fused-ring (bicyclic) bond motifs is 5. The van der Waals surface area contributed by atoms with Crippen molar-refractivity contribution < 1.29 is 29.1 Å². The Balaban J connectivity index is 0. The van der Waals surface area contributed by atoms with E-state index in [4.69, 9.17) is 10.5 Å². The summed E-state index contributed by atoms with van der Waals surface area (Å²) in [6.07, 6.45) is 2.03. The summed E-state index contributed by atoms with van der Waals surface area (Å²) in [5.41, 5.74) is 23.1. The van der Waals surface area contributed by atoms with Crippen molar-refractivity contribution in [3.8, 4) is 11.1 Å². The third-order valence-electron chi connectivity index (χ3n) is 7.56. The van der Waals surface area contributed by atoms with Crippen molar-refractivity contribution in [2.75, 3.05) is 0 Å². The smallest absolute Gasteiger partial charge is 0.325 e. The summed E-state index contributed by atoms with van der Waals surface area (Å²) < 4.78 is 0. The summed E-state index contributed by atoms with van der Waals surface area (Å²) in [6, 6.07) is 22.5. The van der Waals surface area contributed by atoms with Crippen LogP contribution < -0.4 is 47.0 Å². The number of nitrogens with one attached hydrogen (secondary N) is 3. The Morgan fingerprint density at radius 2 is 1.26 bits per heavy atom.